The summed E-state index contributed by atoms with van der Waals surface area (Å²) in [5, 5.41) is 19.2. The first-order chi connectivity index (χ1) is 10.0. The predicted octanol–water partition coefficient (Wildman–Crippen LogP) is 2.54. The summed E-state index contributed by atoms with van der Waals surface area (Å²) in [4.78, 5) is 14.3. The lowest BCUT2D eigenvalue weighted by atomic mass is 9.79. The van der Waals surface area contributed by atoms with Gasteiger partial charge >= 0.3 is 0 Å². The number of phenolic OH excluding ortho intramolecular Hbond substituents is 1. The van der Waals surface area contributed by atoms with Gasteiger partial charge in [-0.1, -0.05) is 6.07 Å². The molecular formula is C17H23NO3. The molecule has 1 aliphatic heterocycles. The van der Waals surface area contributed by atoms with Crippen molar-refractivity contribution in [1.29, 1.82) is 0 Å². The van der Waals surface area contributed by atoms with Crippen molar-refractivity contribution in [2.24, 2.45) is 11.8 Å². The summed E-state index contributed by atoms with van der Waals surface area (Å²) in [6.45, 7) is 3.32. The Morgan fingerprint density at radius 1 is 1.29 bits per heavy atom. The molecule has 0 saturated heterocycles. The van der Waals surface area contributed by atoms with E-state index in [9.17, 15) is 15.0 Å². The summed E-state index contributed by atoms with van der Waals surface area (Å²) in [5.41, 5.74) is 1.66. The number of hydrogen-bond donors (Lipinski definition) is 2. The lowest BCUT2D eigenvalue weighted by Gasteiger charge is -2.32. The molecule has 1 amide bonds. The van der Waals surface area contributed by atoms with Crippen LogP contribution >= 0.6 is 0 Å². The molecule has 114 valence electrons. The molecule has 1 aromatic carbocycles. The molecule has 2 N–H and O–H groups in total. The fourth-order valence-electron chi connectivity index (χ4n) is 3.66. The van der Waals surface area contributed by atoms with Crippen molar-refractivity contribution in [3.8, 4) is 5.75 Å². The molecule has 1 saturated carbocycles. The average Bonchev–Trinajstić information content (AvgIpc) is 2.76. The highest BCUT2D eigenvalue weighted by atomic mass is 16.3. The Kier molecular flexibility index (Phi) is 3.89. The van der Waals surface area contributed by atoms with Gasteiger partial charge in [0.15, 0.2) is 0 Å². The van der Waals surface area contributed by atoms with E-state index in [2.05, 4.69) is 0 Å². The Morgan fingerprint density at radius 3 is 2.67 bits per heavy atom. The molecule has 2 aliphatic rings. The third kappa shape index (κ3) is 2.91. The second-order valence-corrected chi connectivity index (χ2v) is 6.55. The number of benzene rings is 1. The van der Waals surface area contributed by atoms with Gasteiger partial charge in [-0.3, -0.25) is 4.79 Å². The van der Waals surface area contributed by atoms with E-state index >= 15 is 0 Å². The van der Waals surface area contributed by atoms with Crippen molar-refractivity contribution in [3.05, 3.63) is 29.3 Å². The third-order valence-electron chi connectivity index (χ3n) is 5.02. The first-order valence-electron chi connectivity index (χ1n) is 7.84. The number of aromatic hydroxyl groups is 1. The molecule has 3 rings (SSSR count). The van der Waals surface area contributed by atoms with Crippen LogP contribution < -0.4 is 0 Å². The van der Waals surface area contributed by atoms with Crippen LogP contribution in [0.4, 0.5) is 0 Å². The van der Waals surface area contributed by atoms with Crippen LogP contribution in [0.3, 0.4) is 0 Å². The van der Waals surface area contributed by atoms with Crippen LogP contribution in [0.15, 0.2) is 18.2 Å². The first kappa shape index (κ1) is 14.4. The number of nitrogens with zero attached hydrogens (tertiary/aromatic N) is 1. The van der Waals surface area contributed by atoms with E-state index in [-0.39, 0.29) is 17.8 Å². The monoisotopic (exact) mass is 289 g/mol. The van der Waals surface area contributed by atoms with Crippen LogP contribution in [0.2, 0.25) is 0 Å². The van der Waals surface area contributed by atoms with Crippen molar-refractivity contribution in [1.82, 2.24) is 4.90 Å². The number of hydrogen-bond acceptors (Lipinski definition) is 3. The van der Waals surface area contributed by atoms with Crippen molar-refractivity contribution < 1.29 is 15.0 Å². The van der Waals surface area contributed by atoms with Crippen molar-refractivity contribution >= 4 is 5.91 Å². The van der Waals surface area contributed by atoms with Crippen LogP contribution in [-0.4, -0.2) is 33.7 Å². The molecule has 0 spiro atoms. The van der Waals surface area contributed by atoms with E-state index in [0.717, 1.165) is 37.8 Å². The average molecular weight is 289 g/mol. The highest BCUT2D eigenvalue weighted by molar-refractivity contribution is 5.98. The predicted molar refractivity (Wildman–Crippen MR) is 80.0 cm³/mol. The summed E-state index contributed by atoms with van der Waals surface area (Å²) >= 11 is 0. The lowest BCUT2D eigenvalue weighted by molar-refractivity contribution is 0.0647. The van der Waals surface area contributed by atoms with Crippen molar-refractivity contribution in [2.75, 3.05) is 6.54 Å². The SMILES string of the molecule is CC(O)[C@H]1CC[C@H](CN2Cc3ccc(O)cc3C2=O)CC1. The van der Waals surface area contributed by atoms with Gasteiger partial charge in [-0.2, -0.15) is 0 Å². The number of phenols is 1. The number of aliphatic hydroxyl groups excluding tert-OH is 1. The molecule has 0 radical (unpaired) electrons. The molecule has 4 nitrogen and oxygen atoms in total. The zero-order valence-electron chi connectivity index (χ0n) is 12.5. The zero-order valence-corrected chi connectivity index (χ0v) is 12.5. The fraction of sp³-hybridized carbons (Fsp3) is 0.588. The minimum absolute atomic E-state index is 0.0403. The van der Waals surface area contributed by atoms with Gasteiger partial charge in [-0.25, -0.2) is 0 Å². The van der Waals surface area contributed by atoms with Crippen LogP contribution in [-0.2, 0) is 6.54 Å². The van der Waals surface area contributed by atoms with E-state index < -0.39 is 0 Å². The Labute approximate surface area is 125 Å². The number of rotatable bonds is 3. The molecule has 4 heteroatoms. The molecule has 21 heavy (non-hydrogen) atoms. The third-order valence-corrected chi connectivity index (χ3v) is 5.02. The normalized spacial score (nSPS) is 26.8. The van der Waals surface area contributed by atoms with Crippen LogP contribution in [0.25, 0.3) is 0 Å². The van der Waals surface area contributed by atoms with Crippen LogP contribution in [0.1, 0.15) is 48.5 Å². The molecule has 1 aliphatic carbocycles. The molecule has 1 fully saturated rings. The van der Waals surface area contributed by atoms with Crippen LogP contribution in [0, 0.1) is 11.8 Å². The molecule has 0 aromatic heterocycles. The number of carbonyl (C=O) groups is 1. The van der Waals surface area contributed by atoms with Gasteiger partial charge in [0.25, 0.3) is 5.91 Å². The standard InChI is InChI=1S/C17H23NO3/c1-11(19)13-4-2-12(3-5-13)9-18-10-14-6-7-15(20)8-16(14)17(18)21/h6-8,11-13,19-20H,2-5,9-10H2,1H3/t11?,12-,13-. The number of aliphatic hydroxyl groups is 1. The van der Waals surface area contributed by atoms with Gasteiger partial charge in [0, 0.05) is 18.7 Å². The van der Waals surface area contributed by atoms with E-state index in [1.165, 1.54) is 0 Å². The maximum absolute atomic E-state index is 12.4. The highest BCUT2D eigenvalue weighted by Gasteiger charge is 2.31. The van der Waals surface area contributed by atoms with E-state index in [1.54, 1.807) is 12.1 Å². The van der Waals surface area contributed by atoms with Gasteiger partial charge in [-0.05, 0) is 62.1 Å². The van der Waals surface area contributed by atoms with Crippen molar-refractivity contribution in [3.63, 3.8) is 0 Å². The second kappa shape index (κ2) is 5.68. The minimum Gasteiger partial charge on any atom is -0.508 e. The van der Waals surface area contributed by atoms with Gasteiger partial charge < -0.3 is 15.1 Å². The summed E-state index contributed by atoms with van der Waals surface area (Å²) in [6, 6.07) is 5.05. The van der Waals surface area contributed by atoms with E-state index in [1.807, 2.05) is 17.9 Å². The molecule has 1 heterocycles. The van der Waals surface area contributed by atoms with Gasteiger partial charge in [-0.15, -0.1) is 0 Å². The molecule has 1 atom stereocenters. The smallest absolute Gasteiger partial charge is 0.254 e. The topological polar surface area (TPSA) is 60.8 Å². The molecule has 0 bridgehead atoms. The Hall–Kier alpha value is -1.55. The van der Waals surface area contributed by atoms with E-state index in [4.69, 9.17) is 0 Å². The maximum Gasteiger partial charge on any atom is 0.254 e. The minimum atomic E-state index is -0.216. The van der Waals surface area contributed by atoms with Gasteiger partial charge in [0.2, 0.25) is 0 Å². The largest absolute Gasteiger partial charge is 0.508 e. The maximum atomic E-state index is 12.4. The number of carbonyl (C=O) groups excluding carboxylic acids is 1. The lowest BCUT2D eigenvalue weighted by Crippen LogP contribution is -2.33. The quantitative estimate of drug-likeness (QED) is 0.899. The second-order valence-electron chi connectivity index (χ2n) is 6.55. The Morgan fingerprint density at radius 2 is 2.00 bits per heavy atom. The zero-order chi connectivity index (χ0) is 15.0. The molecule has 1 aromatic rings. The summed E-state index contributed by atoms with van der Waals surface area (Å²) in [5.74, 6) is 1.15. The van der Waals surface area contributed by atoms with Gasteiger partial charge in [0.1, 0.15) is 5.75 Å². The fourth-order valence-corrected chi connectivity index (χ4v) is 3.66. The number of amides is 1. The van der Waals surface area contributed by atoms with E-state index in [0.29, 0.717) is 23.9 Å². The summed E-state index contributed by atoms with van der Waals surface area (Å²) in [7, 11) is 0. The summed E-state index contributed by atoms with van der Waals surface area (Å²) < 4.78 is 0. The number of fused-ring (bicyclic) bond motifs is 1. The summed E-state index contributed by atoms with van der Waals surface area (Å²) in [6.07, 6.45) is 4.06. The van der Waals surface area contributed by atoms with Crippen LogP contribution in [0.5, 0.6) is 5.75 Å². The Balaban J connectivity index is 1.60. The molecular weight excluding hydrogens is 266 g/mol. The highest BCUT2D eigenvalue weighted by Crippen LogP contribution is 2.33. The Bertz CT molecular complexity index is 533. The van der Waals surface area contributed by atoms with Crippen molar-refractivity contribution in [2.45, 2.75) is 45.3 Å². The molecule has 1 unspecified atom stereocenters. The first-order valence-corrected chi connectivity index (χ1v) is 7.84. The van der Waals surface area contributed by atoms with Gasteiger partial charge in [0.05, 0.1) is 6.10 Å².